The molecular formula is C11H13N3. The monoisotopic (exact) mass is 187 g/mol. The lowest BCUT2D eigenvalue weighted by molar-refractivity contribution is 0.746. The van der Waals surface area contributed by atoms with Gasteiger partial charge in [0.2, 0.25) is 0 Å². The molecule has 1 aromatic rings. The van der Waals surface area contributed by atoms with Gasteiger partial charge in [0.05, 0.1) is 18.2 Å². The number of hydrazone groups is 1. The topological polar surface area (TPSA) is 48.2 Å². The Morgan fingerprint density at radius 3 is 2.79 bits per heavy atom. The number of rotatable bonds is 4. The van der Waals surface area contributed by atoms with Crippen molar-refractivity contribution in [1.82, 2.24) is 5.43 Å². The molecule has 0 aliphatic carbocycles. The smallest absolute Gasteiger partial charge is 0.0644 e. The quantitative estimate of drug-likeness (QED) is 0.444. The molecule has 0 fully saturated rings. The van der Waals surface area contributed by atoms with Gasteiger partial charge in [-0.2, -0.15) is 10.4 Å². The molecule has 0 aromatic heterocycles. The zero-order valence-corrected chi connectivity index (χ0v) is 8.20. The molecule has 1 aromatic carbocycles. The van der Waals surface area contributed by atoms with Crippen molar-refractivity contribution < 1.29 is 0 Å². The minimum atomic E-state index is 0.478. The van der Waals surface area contributed by atoms with E-state index >= 15 is 0 Å². The van der Waals surface area contributed by atoms with Gasteiger partial charge in [0.1, 0.15) is 0 Å². The van der Waals surface area contributed by atoms with Gasteiger partial charge in [-0.3, -0.25) is 0 Å². The fourth-order valence-electron chi connectivity index (χ4n) is 1.03. The molecule has 0 saturated heterocycles. The Morgan fingerprint density at radius 2 is 2.14 bits per heavy atom. The average molecular weight is 187 g/mol. The summed E-state index contributed by atoms with van der Waals surface area (Å²) < 4.78 is 0. The number of nitrogens with one attached hydrogen (secondary N) is 1. The lowest BCUT2D eigenvalue weighted by atomic mass is 10.1. The summed E-state index contributed by atoms with van der Waals surface area (Å²) in [5.74, 6) is 0. The SMILES string of the molecule is C/C(=N\NCCC#N)c1ccccc1. The van der Waals surface area contributed by atoms with Crippen molar-refractivity contribution in [3.8, 4) is 6.07 Å². The van der Waals surface area contributed by atoms with Crippen molar-refractivity contribution in [2.24, 2.45) is 5.10 Å². The van der Waals surface area contributed by atoms with Crippen LogP contribution < -0.4 is 5.43 Å². The summed E-state index contributed by atoms with van der Waals surface area (Å²) in [5.41, 5.74) is 4.88. The Bertz CT molecular complexity index is 335. The van der Waals surface area contributed by atoms with Crippen LogP contribution in [0.1, 0.15) is 18.9 Å². The van der Waals surface area contributed by atoms with Gasteiger partial charge in [-0.05, 0) is 12.5 Å². The van der Waals surface area contributed by atoms with Gasteiger partial charge in [-0.25, -0.2) is 0 Å². The van der Waals surface area contributed by atoms with E-state index in [-0.39, 0.29) is 0 Å². The maximum absolute atomic E-state index is 8.31. The maximum Gasteiger partial charge on any atom is 0.0644 e. The lowest BCUT2D eigenvalue weighted by Gasteiger charge is -2.00. The van der Waals surface area contributed by atoms with E-state index in [1.165, 1.54) is 0 Å². The summed E-state index contributed by atoms with van der Waals surface area (Å²) in [7, 11) is 0. The van der Waals surface area contributed by atoms with E-state index in [4.69, 9.17) is 5.26 Å². The first-order valence-electron chi connectivity index (χ1n) is 4.54. The van der Waals surface area contributed by atoms with E-state index in [1.807, 2.05) is 43.3 Å². The van der Waals surface area contributed by atoms with Crippen molar-refractivity contribution in [3.63, 3.8) is 0 Å². The molecule has 0 aliphatic rings. The summed E-state index contributed by atoms with van der Waals surface area (Å²) in [4.78, 5) is 0. The molecule has 3 nitrogen and oxygen atoms in total. The Labute approximate surface area is 84.1 Å². The third kappa shape index (κ3) is 3.28. The van der Waals surface area contributed by atoms with Crippen LogP contribution in [-0.2, 0) is 0 Å². The van der Waals surface area contributed by atoms with Crippen molar-refractivity contribution in [1.29, 1.82) is 5.26 Å². The lowest BCUT2D eigenvalue weighted by Crippen LogP contribution is -2.10. The number of nitriles is 1. The molecule has 0 spiro atoms. The van der Waals surface area contributed by atoms with E-state index < -0.39 is 0 Å². The Morgan fingerprint density at radius 1 is 1.43 bits per heavy atom. The second kappa shape index (κ2) is 5.76. The van der Waals surface area contributed by atoms with Crippen LogP contribution in [0, 0.1) is 11.3 Å². The first-order valence-corrected chi connectivity index (χ1v) is 4.54. The number of hydrogen-bond acceptors (Lipinski definition) is 3. The molecule has 0 bridgehead atoms. The molecule has 1 rings (SSSR count). The van der Waals surface area contributed by atoms with Gasteiger partial charge >= 0.3 is 0 Å². The predicted octanol–water partition coefficient (Wildman–Crippen LogP) is 1.91. The maximum atomic E-state index is 8.31. The summed E-state index contributed by atoms with van der Waals surface area (Å²) >= 11 is 0. The highest BCUT2D eigenvalue weighted by atomic mass is 15.3. The summed E-state index contributed by atoms with van der Waals surface area (Å²) in [5, 5.41) is 12.5. The third-order valence-corrected chi connectivity index (χ3v) is 1.79. The van der Waals surface area contributed by atoms with Crippen molar-refractivity contribution in [3.05, 3.63) is 35.9 Å². The van der Waals surface area contributed by atoms with Crippen LogP contribution in [0.5, 0.6) is 0 Å². The Balaban J connectivity index is 2.49. The highest BCUT2D eigenvalue weighted by Gasteiger charge is 1.93. The molecule has 0 heterocycles. The highest BCUT2D eigenvalue weighted by Crippen LogP contribution is 1.99. The highest BCUT2D eigenvalue weighted by molar-refractivity contribution is 5.98. The van der Waals surface area contributed by atoms with Gasteiger partial charge < -0.3 is 5.43 Å². The molecule has 0 amide bonds. The predicted molar refractivity (Wildman–Crippen MR) is 56.9 cm³/mol. The van der Waals surface area contributed by atoms with E-state index in [1.54, 1.807) is 0 Å². The van der Waals surface area contributed by atoms with Crippen molar-refractivity contribution in [2.45, 2.75) is 13.3 Å². The van der Waals surface area contributed by atoms with Crippen LogP contribution in [0.4, 0.5) is 0 Å². The van der Waals surface area contributed by atoms with Crippen LogP contribution in [0.25, 0.3) is 0 Å². The van der Waals surface area contributed by atoms with Crippen LogP contribution in [0.2, 0.25) is 0 Å². The summed E-state index contributed by atoms with van der Waals surface area (Å²) in [6.07, 6.45) is 0.478. The third-order valence-electron chi connectivity index (χ3n) is 1.79. The molecule has 0 aliphatic heterocycles. The molecular weight excluding hydrogens is 174 g/mol. The van der Waals surface area contributed by atoms with Gasteiger partial charge in [0.25, 0.3) is 0 Å². The molecule has 14 heavy (non-hydrogen) atoms. The Hall–Kier alpha value is -1.82. The zero-order valence-electron chi connectivity index (χ0n) is 8.20. The second-order valence-electron chi connectivity index (χ2n) is 2.88. The first kappa shape index (κ1) is 10.3. The summed E-state index contributed by atoms with van der Waals surface area (Å²) in [6, 6.07) is 12.0. The number of nitrogens with zero attached hydrogens (tertiary/aromatic N) is 2. The van der Waals surface area contributed by atoms with Crippen molar-refractivity contribution in [2.75, 3.05) is 6.54 Å². The average Bonchev–Trinajstić information content (AvgIpc) is 2.25. The van der Waals surface area contributed by atoms with Gasteiger partial charge in [-0.15, -0.1) is 0 Å². The van der Waals surface area contributed by atoms with Crippen LogP contribution in [-0.4, -0.2) is 12.3 Å². The van der Waals surface area contributed by atoms with Crippen LogP contribution >= 0.6 is 0 Å². The largest absolute Gasteiger partial charge is 0.309 e. The number of benzene rings is 1. The molecule has 0 radical (unpaired) electrons. The fourth-order valence-corrected chi connectivity index (χ4v) is 1.03. The van der Waals surface area contributed by atoms with Gasteiger partial charge in [-0.1, -0.05) is 30.3 Å². The van der Waals surface area contributed by atoms with Crippen LogP contribution in [0.3, 0.4) is 0 Å². The minimum absolute atomic E-state index is 0.478. The second-order valence-corrected chi connectivity index (χ2v) is 2.88. The van der Waals surface area contributed by atoms with Gasteiger partial charge in [0.15, 0.2) is 0 Å². The van der Waals surface area contributed by atoms with Crippen molar-refractivity contribution >= 4 is 5.71 Å². The molecule has 3 heteroatoms. The zero-order chi connectivity index (χ0) is 10.2. The Kier molecular flexibility index (Phi) is 4.22. The van der Waals surface area contributed by atoms with E-state index in [0.717, 1.165) is 11.3 Å². The molecule has 0 saturated carbocycles. The molecule has 72 valence electrons. The van der Waals surface area contributed by atoms with E-state index in [0.29, 0.717) is 13.0 Å². The minimum Gasteiger partial charge on any atom is -0.309 e. The molecule has 1 N–H and O–H groups in total. The normalized spacial score (nSPS) is 10.7. The van der Waals surface area contributed by atoms with Crippen LogP contribution in [0.15, 0.2) is 35.4 Å². The first-order chi connectivity index (χ1) is 6.84. The van der Waals surface area contributed by atoms with E-state index in [9.17, 15) is 0 Å². The van der Waals surface area contributed by atoms with E-state index in [2.05, 4.69) is 10.5 Å². The van der Waals surface area contributed by atoms with Gasteiger partial charge in [0, 0.05) is 6.54 Å². The fraction of sp³-hybridized carbons (Fsp3) is 0.273. The standard InChI is InChI=1S/C11H13N3/c1-10(14-13-9-5-8-12)11-6-3-2-4-7-11/h2-4,6-7,13H,5,9H2,1H3/b14-10+. The molecule has 0 unspecified atom stereocenters. The summed E-state index contributed by atoms with van der Waals surface area (Å²) in [6.45, 7) is 2.54. The molecule has 0 atom stereocenters. The number of hydrogen-bond donors (Lipinski definition) is 1.